The monoisotopic (exact) mass is 271 g/mol. The summed E-state index contributed by atoms with van der Waals surface area (Å²) in [6, 6.07) is 20.6. The van der Waals surface area contributed by atoms with Gasteiger partial charge in [-0.2, -0.15) is 0 Å². The normalized spacial score (nSPS) is 11.3. The fourth-order valence-electron chi connectivity index (χ4n) is 2.86. The van der Waals surface area contributed by atoms with Crippen LogP contribution in [0.1, 0.15) is 0 Å². The molecule has 3 heteroatoms. The number of fused-ring (bicyclic) bond motifs is 3. The van der Waals surface area contributed by atoms with E-state index in [1.54, 1.807) is 12.1 Å². The minimum absolute atomic E-state index is 0.233. The smallest absolute Gasteiger partial charge is 0.123 e. The molecule has 0 unspecified atom stereocenters. The molecule has 1 heterocycles. The summed E-state index contributed by atoms with van der Waals surface area (Å²) in [5.74, 6) is -0.233. The molecule has 3 aromatic carbocycles. The Bertz CT molecular complexity index is 954. The first-order valence-corrected chi connectivity index (χ1v) is 6.79. The molecule has 98 valence electrons. The second-order valence-corrected chi connectivity index (χ2v) is 5.11. The highest BCUT2D eigenvalue weighted by molar-refractivity contribution is 6.33. The fourth-order valence-corrected chi connectivity index (χ4v) is 2.86. The summed E-state index contributed by atoms with van der Waals surface area (Å²) in [6.45, 7) is 0. The summed E-state index contributed by atoms with van der Waals surface area (Å²) >= 11 is 0. The standard InChI is InChI=1S/C18H11BFN/c19-12-5-10-18-16(11-12)15-3-1-2-4-17(15)21(18)14-8-6-13(20)7-9-14/h1-11H. The second-order valence-electron chi connectivity index (χ2n) is 5.11. The first kappa shape index (κ1) is 12.2. The average Bonchev–Trinajstić information content (AvgIpc) is 2.82. The lowest BCUT2D eigenvalue weighted by molar-refractivity contribution is 0.627. The SMILES string of the molecule is [B]c1ccc2c(c1)c1ccccc1n2-c1ccc(F)cc1. The number of hydrogen-bond donors (Lipinski definition) is 0. The molecule has 0 bridgehead atoms. The maximum Gasteiger partial charge on any atom is 0.123 e. The van der Waals surface area contributed by atoms with Crippen LogP contribution < -0.4 is 5.46 Å². The van der Waals surface area contributed by atoms with Crippen LogP contribution in [0.15, 0.2) is 66.7 Å². The van der Waals surface area contributed by atoms with Crippen LogP contribution in [-0.2, 0) is 0 Å². The zero-order valence-corrected chi connectivity index (χ0v) is 11.3. The Kier molecular flexibility index (Phi) is 2.61. The van der Waals surface area contributed by atoms with E-state index in [-0.39, 0.29) is 5.82 Å². The molecule has 0 N–H and O–H groups in total. The van der Waals surface area contributed by atoms with Crippen LogP contribution in [0.5, 0.6) is 0 Å². The van der Waals surface area contributed by atoms with E-state index >= 15 is 0 Å². The number of rotatable bonds is 1. The van der Waals surface area contributed by atoms with Crippen molar-refractivity contribution in [2.24, 2.45) is 0 Å². The van der Waals surface area contributed by atoms with Gasteiger partial charge in [-0.3, -0.25) is 0 Å². The largest absolute Gasteiger partial charge is 0.309 e. The third kappa shape index (κ3) is 1.85. The molecule has 0 fully saturated rings. The zero-order valence-electron chi connectivity index (χ0n) is 11.3. The molecule has 0 amide bonds. The van der Waals surface area contributed by atoms with Gasteiger partial charge < -0.3 is 4.57 Å². The molecule has 0 saturated carbocycles. The number of nitrogens with zero attached hydrogens (tertiary/aromatic N) is 1. The van der Waals surface area contributed by atoms with Crippen molar-refractivity contribution in [3.8, 4) is 5.69 Å². The van der Waals surface area contributed by atoms with Gasteiger partial charge in [0, 0.05) is 16.5 Å². The minimum Gasteiger partial charge on any atom is -0.309 e. The molecule has 4 aromatic rings. The van der Waals surface area contributed by atoms with E-state index in [0.29, 0.717) is 0 Å². The van der Waals surface area contributed by atoms with Gasteiger partial charge in [0.05, 0.1) is 11.0 Å². The summed E-state index contributed by atoms with van der Waals surface area (Å²) in [5, 5.41) is 2.25. The fraction of sp³-hybridized carbons (Fsp3) is 0. The van der Waals surface area contributed by atoms with E-state index in [1.807, 2.05) is 30.3 Å². The van der Waals surface area contributed by atoms with E-state index in [1.165, 1.54) is 12.1 Å². The molecule has 0 aliphatic rings. The number of hydrogen-bond acceptors (Lipinski definition) is 0. The Morgan fingerprint density at radius 1 is 0.762 bits per heavy atom. The van der Waals surface area contributed by atoms with Gasteiger partial charge in [-0.05, 0) is 36.4 Å². The lowest BCUT2D eigenvalue weighted by atomic mass is 9.94. The number of para-hydroxylation sites is 1. The van der Waals surface area contributed by atoms with Crippen molar-refractivity contribution in [1.29, 1.82) is 0 Å². The van der Waals surface area contributed by atoms with Crippen molar-refractivity contribution in [3.05, 3.63) is 72.5 Å². The second kappa shape index (κ2) is 4.49. The molecule has 4 rings (SSSR count). The van der Waals surface area contributed by atoms with Gasteiger partial charge in [0.1, 0.15) is 13.7 Å². The average molecular weight is 271 g/mol. The van der Waals surface area contributed by atoms with Crippen LogP contribution >= 0.6 is 0 Å². The van der Waals surface area contributed by atoms with Gasteiger partial charge in [-0.1, -0.05) is 35.8 Å². The molecule has 0 aliphatic heterocycles. The first-order valence-electron chi connectivity index (χ1n) is 6.79. The molecule has 21 heavy (non-hydrogen) atoms. The number of aromatic nitrogens is 1. The van der Waals surface area contributed by atoms with Gasteiger partial charge in [-0.25, -0.2) is 4.39 Å². The van der Waals surface area contributed by atoms with Crippen molar-refractivity contribution in [2.75, 3.05) is 0 Å². The molecule has 0 atom stereocenters. The lowest BCUT2D eigenvalue weighted by Crippen LogP contribution is -2.00. The van der Waals surface area contributed by atoms with Crippen molar-refractivity contribution in [1.82, 2.24) is 4.57 Å². The highest BCUT2D eigenvalue weighted by Gasteiger charge is 2.11. The Hall–Kier alpha value is -2.55. The van der Waals surface area contributed by atoms with Gasteiger partial charge in [0.15, 0.2) is 0 Å². The predicted molar refractivity (Wildman–Crippen MR) is 86.1 cm³/mol. The van der Waals surface area contributed by atoms with Gasteiger partial charge in [0.2, 0.25) is 0 Å². The highest BCUT2D eigenvalue weighted by atomic mass is 19.1. The Morgan fingerprint density at radius 2 is 1.48 bits per heavy atom. The van der Waals surface area contributed by atoms with Crippen molar-refractivity contribution in [2.45, 2.75) is 0 Å². The molecule has 1 nitrogen and oxygen atoms in total. The van der Waals surface area contributed by atoms with Gasteiger partial charge in [-0.15, -0.1) is 0 Å². The summed E-state index contributed by atoms with van der Waals surface area (Å²) in [5.41, 5.74) is 3.83. The Balaban J connectivity index is 2.17. The molecule has 2 radical (unpaired) electrons. The summed E-state index contributed by atoms with van der Waals surface area (Å²) in [7, 11) is 5.92. The molecule has 0 aliphatic carbocycles. The van der Waals surface area contributed by atoms with E-state index in [0.717, 1.165) is 33.0 Å². The van der Waals surface area contributed by atoms with E-state index in [9.17, 15) is 4.39 Å². The van der Waals surface area contributed by atoms with Crippen molar-refractivity contribution >= 4 is 35.1 Å². The maximum atomic E-state index is 13.2. The number of benzene rings is 3. The van der Waals surface area contributed by atoms with Crippen LogP contribution in [0.3, 0.4) is 0 Å². The first-order chi connectivity index (χ1) is 10.2. The molecule has 0 spiro atoms. The Labute approximate surface area is 123 Å². The molecular formula is C18H11BFN. The van der Waals surface area contributed by atoms with Gasteiger partial charge >= 0.3 is 0 Å². The van der Waals surface area contributed by atoms with Crippen molar-refractivity contribution in [3.63, 3.8) is 0 Å². The summed E-state index contributed by atoms with van der Waals surface area (Å²) in [6.07, 6.45) is 0. The zero-order chi connectivity index (χ0) is 14.4. The van der Waals surface area contributed by atoms with Crippen LogP contribution in [0.25, 0.3) is 27.5 Å². The van der Waals surface area contributed by atoms with Crippen LogP contribution in [0, 0.1) is 5.82 Å². The highest BCUT2D eigenvalue weighted by Crippen LogP contribution is 2.31. The minimum atomic E-state index is -0.233. The maximum absolute atomic E-state index is 13.2. The third-order valence-corrected chi connectivity index (χ3v) is 3.78. The van der Waals surface area contributed by atoms with E-state index in [4.69, 9.17) is 7.85 Å². The quantitative estimate of drug-likeness (QED) is 0.465. The van der Waals surface area contributed by atoms with E-state index in [2.05, 4.69) is 16.7 Å². The van der Waals surface area contributed by atoms with Crippen molar-refractivity contribution < 1.29 is 4.39 Å². The summed E-state index contributed by atoms with van der Waals surface area (Å²) < 4.78 is 15.3. The van der Waals surface area contributed by atoms with Gasteiger partial charge in [0.25, 0.3) is 0 Å². The Morgan fingerprint density at radius 3 is 2.29 bits per heavy atom. The molecule has 0 saturated heterocycles. The lowest BCUT2D eigenvalue weighted by Gasteiger charge is -2.07. The third-order valence-electron chi connectivity index (χ3n) is 3.78. The molecule has 1 aromatic heterocycles. The number of halogens is 1. The van der Waals surface area contributed by atoms with E-state index < -0.39 is 0 Å². The topological polar surface area (TPSA) is 4.93 Å². The predicted octanol–water partition coefficient (Wildman–Crippen LogP) is 3.72. The summed E-state index contributed by atoms with van der Waals surface area (Å²) in [4.78, 5) is 0. The molecular weight excluding hydrogens is 260 g/mol. The van der Waals surface area contributed by atoms with Crippen LogP contribution in [0.2, 0.25) is 0 Å². The van der Waals surface area contributed by atoms with Crippen LogP contribution in [0.4, 0.5) is 4.39 Å². The van der Waals surface area contributed by atoms with Crippen LogP contribution in [-0.4, -0.2) is 12.4 Å².